The smallest absolute Gasteiger partial charge is 0.0775 e. The fraction of sp³-hybridized carbons (Fsp3) is 0.552. The third-order valence-corrected chi connectivity index (χ3v) is 20.4. The molecule has 0 unspecified atom stereocenters. The number of aryl methyl sites for hydroxylation is 4. The third-order valence-electron chi connectivity index (χ3n) is 12.9. The van der Waals surface area contributed by atoms with Crippen LogP contribution in [0.3, 0.4) is 0 Å². The van der Waals surface area contributed by atoms with Crippen molar-refractivity contribution < 1.29 is 0 Å². The summed E-state index contributed by atoms with van der Waals surface area (Å²) in [6.07, 6.45) is 42.8. The highest BCUT2D eigenvalue weighted by atomic mass is 32.1. The van der Waals surface area contributed by atoms with Crippen LogP contribution in [-0.2, 0) is 25.7 Å². The molecule has 6 aromatic rings. The lowest BCUT2D eigenvalue weighted by Gasteiger charge is -2.03. The van der Waals surface area contributed by atoms with Gasteiger partial charge in [0.05, 0.1) is 4.88 Å². The minimum absolute atomic E-state index is 1.08. The second-order valence-electron chi connectivity index (χ2n) is 18.2. The molecule has 6 heterocycles. The zero-order valence-electron chi connectivity index (χ0n) is 40.0. The zero-order chi connectivity index (χ0) is 44.8. The molecule has 0 amide bonds. The summed E-state index contributed by atoms with van der Waals surface area (Å²) in [5, 5.41) is 2.34. The minimum atomic E-state index is 1.08. The Labute approximate surface area is 414 Å². The summed E-state index contributed by atoms with van der Waals surface area (Å²) >= 11 is 11.9. The number of unbranched alkanes of at least 4 members (excludes halogenated alkanes) is 20. The second-order valence-corrected chi connectivity index (χ2v) is 24.5. The van der Waals surface area contributed by atoms with Crippen LogP contribution in [0.2, 0.25) is 0 Å². The zero-order valence-corrected chi connectivity index (χ0v) is 44.9. The highest BCUT2D eigenvalue weighted by molar-refractivity contribution is 7.30. The van der Waals surface area contributed by atoms with Gasteiger partial charge in [0, 0.05) is 48.8 Å². The lowest BCUT2D eigenvalue weighted by molar-refractivity contribution is 0.608. The van der Waals surface area contributed by atoms with Crippen molar-refractivity contribution in [2.75, 3.05) is 0 Å². The molecule has 6 aromatic heterocycles. The van der Waals surface area contributed by atoms with Crippen LogP contribution < -0.4 is 0 Å². The minimum Gasteiger partial charge on any atom is -0.143 e. The van der Waals surface area contributed by atoms with Gasteiger partial charge in [-0.1, -0.05) is 162 Å². The Bertz CT molecular complexity index is 2230. The molecule has 0 aliphatic rings. The Hall–Kier alpha value is -2.24. The van der Waals surface area contributed by atoms with Gasteiger partial charge in [-0.2, -0.15) is 0 Å². The normalized spacial score (nSPS) is 11.6. The predicted molar refractivity (Wildman–Crippen MR) is 297 cm³/mol. The average molecular weight is 968 g/mol. The van der Waals surface area contributed by atoms with Gasteiger partial charge in [-0.15, -0.1) is 74.4 Å². The predicted octanol–water partition coefficient (Wildman–Crippen LogP) is 22.0. The van der Waals surface area contributed by atoms with Gasteiger partial charge in [-0.05, 0) is 128 Å². The molecule has 0 aliphatic carbocycles. The maximum Gasteiger partial charge on any atom is 0.0775 e. The van der Waals surface area contributed by atoms with Crippen LogP contribution in [0.5, 0.6) is 0 Å². The van der Waals surface area contributed by atoms with E-state index in [1.165, 1.54) is 227 Å². The van der Waals surface area contributed by atoms with Crippen molar-refractivity contribution in [2.24, 2.45) is 0 Å². The number of hydrogen-bond donors (Lipinski definition) is 0. The van der Waals surface area contributed by atoms with Crippen LogP contribution in [0.1, 0.15) is 209 Å². The van der Waals surface area contributed by atoms with E-state index in [-0.39, 0.29) is 0 Å². The number of rotatable bonds is 33. The van der Waals surface area contributed by atoms with Crippen molar-refractivity contribution in [2.45, 2.75) is 207 Å². The van der Waals surface area contributed by atoms with Crippen molar-refractivity contribution in [3.8, 4) is 61.1 Å². The van der Waals surface area contributed by atoms with Crippen LogP contribution >= 0.6 is 68.0 Å². The quantitative estimate of drug-likeness (QED) is 0.0285. The molecule has 0 aliphatic heterocycles. The van der Waals surface area contributed by atoms with Gasteiger partial charge in [0.15, 0.2) is 0 Å². The first-order valence-electron chi connectivity index (χ1n) is 25.7. The van der Waals surface area contributed by atoms with Gasteiger partial charge in [-0.25, -0.2) is 0 Å². The lowest BCUT2D eigenvalue weighted by Crippen LogP contribution is -1.87. The van der Waals surface area contributed by atoms with Gasteiger partial charge in [0.25, 0.3) is 0 Å². The fourth-order valence-corrected chi connectivity index (χ4v) is 16.2. The van der Waals surface area contributed by atoms with Crippen LogP contribution in [0.15, 0.2) is 53.9 Å². The van der Waals surface area contributed by atoms with Crippen LogP contribution in [0, 0.1) is 12.3 Å². The van der Waals surface area contributed by atoms with E-state index in [0.717, 1.165) is 17.7 Å². The van der Waals surface area contributed by atoms with Crippen molar-refractivity contribution in [3.05, 3.63) is 81.0 Å². The SMILES string of the molecule is C#Cc1cc(CCCCCCCC)c(-c2cc(CCCCCCCC)c(-c3ccc(-c4ccc(-c5sc(-c6sccc6CCCCCCCC)cc5CCCCCCCC)s4)s3)s2)s1. The molecule has 64 heavy (non-hydrogen) atoms. The Morgan fingerprint density at radius 1 is 0.344 bits per heavy atom. The molecule has 0 nitrogen and oxygen atoms in total. The molecule has 6 heteroatoms. The van der Waals surface area contributed by atoms with Crippen molar-refractivity contribution in [1.29, 1.82) is 0 Å². The van der Waals surface area contributed by atoms with E-state index < -0.39 is 0 Å². The summed E-state index contributed by atoms with van der Waals surface area (Å²) in [4.78, 5) is 15.6. The molecule has 0 fully saturated rings. The molecule has 6 rings (SSSR count). The number of thiophene rings is 6. The summed E-state index contributed by atoms with van der Waals surface area (Å²) in [6, 6.07) is 19.6. The van der Waals surface area contributed by atoms with Gasteiger partial charge in [-0.3, -0.25) is 0 Å². The highest BCUT2D eigenvalue weighted by Gasteiger charge is 2.21. The summed E-state index contributed by atoms with van der Waals surface area (Å²) in [5.74, 6) is 3.00. The first-order chi connectivity index (χ1) is 31.6. The van der Waals surface area contributed by atoms with Gasteiger partial charge in [0.2, 0.25) is 0 Å². The van der Waals surface area contributed by atoms with E-state index in [4.69, 9.17) is 6.42 Å². The number of hydrogen-bond acceptors (Lipinski definition) is 6. The highest BCUT2D eigenvalue weighted by Crippen LogP contribution is 2.49. The van der Waals surface area contributed by atoms with E-state index in [0.29, 0.717) is 0 Å². The fourth-order valence-electron chi connectivity index (χ4n) is 9.08. The van der Waals surface area contributed by atoms with Crippen LogP contribution in [0.25, 0.3) is 48.8 Å². The van der Waals surface area contributed by atoms with Gasteiger partial charge in [0.1, 0.15) is 0 Å². The van der Waals surface area contributed by atoms with E-state index in [2.05, 4.69) is 98.9 Å². The Morgan fingerprint density at radius 3 is 1.14 bits per heavy atom. The molecule has 0 saturated heterocycles. The maximum atomic E-state index is 6.04. The maximum absolute atomic E-state index is 6.04. The van der Waals surface area contributed by atoms with E-state index >= 15 is 0 Å². The lowest BCUT2D eigenvalue weighted by atomic mass is 10.0. The third kappa shape index (κ3) is 15.4. The molecule has 0 saturated carbocycles. The van der Waals surface area contributed by atoms with Crippen molar-refractivity contribution in [1.82, 2.24) is 0 Å². The second kappa shape index (κ2) is 28.8. The number of terminal acetylenes is 1. The van der Waals surface area contributed by atoms with E-state index in [1.54, 1.807) is 11.1 Å². The Kier molecular flexibility index (Phi) is 23.0. The van der Waals surface area contributed by atoms with Crippen LogP contribution in [0.4, 0.5) is 0 Å². The van der Waals surface area contributed by atoms with Crippen molar-refractivity contribution >= 4 is 68.0 Å². The molecular weight excluding hydrogens is 889 g/mol. The summed E-state index contributed by atoms with van der Waals surface area (Å²) in [5.41, 5.74) is 6.13. The van der Waals surface area contributed by atoms with E-state index in [9.17, 15) is 0 Å². The molecule has 0 bridgehead atoms. The first-order valence-corrected chi connectivity index (χ1v) is 30.6. The van der Waals surface area contributed by atoms with Gasteiger partial charge < -0.3 is 0 Å². The van der Waals surface area contributed by atoms with Crippen molar-refractivity contribution in [3.63, 3.8) is 0 Å². The summed E-state index contributed by atoms with van der Waals surface area (Å²) < 4.78 is 0. The average Bonchev–Trinajstić information content (AvgIpc) is 4.17. The first kappa shape index (κ1) is 51.2. The molecule has 346 valence electrons. The van der Waals surface area contributed by atoms with Gasteiger partial charge >= 0.3 is 0 Å². The largest absolute Gasteiger partial charge is 0.143 e. The summed E-state index contributed by atoms with van der Waals surface area (Å²) in [6.45, 7) is 9.24. The molecule has 0 N–H and O–H groups in total. The molecular formula is C58H78S6. The molecule has 0 aromatic carbocycles. The summed E-state index contributed by atoms with van der Waals surface area (Å²) in [7, 11) is 0. The van der Waals surface area contributed by atoms with E-state index in [1.807, 2.05) is 56.7 Å². The Balaban J connectivity index is 1.23. The molecule has 0 spiro atoms. The molecule has 0 atom stereocenters. The Morgan fingerprint density at radius 2 is 0.703 bits per heavy atom. The van der Waals surface area contributed by atoms with Crippen LogP contribution in [-0.4, -0.2) is 0 Å². The molecule has 0 radical (unpaired) electrons. The standard InChI is InChI=1S/C58H78S6/c1-6-11-15-19-23-27-31-44-39-40-59-55(44)53-42-46(33-29-25-21-17-13-8-3)56(63-53)51-37-35-49(61-51)50-36-38-52(62-50)57-47(34-30-26-22-18-14-9-4)43-54(64-57)58-45(41-48(10-5)60-58)32-28-24-20-16-12-7-2/h5,35-43H,6-9,11-34H2,1-4H3. The topological polar surface area (TPSA) is 0 Å². The monoisotopic (exact) mass is 966 g/mol.